The Morgan fingerprint density at radius 1 is 1.43 bits per heavy atom. The first-order valence-corrected chi connectivity index (χ1v) is 4.38. The Hall–Kier alpha value is -1.90. The normalized spacial score (nSPS) is 11.9. The fourth-order valence-corrected chi connectivity index (χ4v) is 1.34. The molecular weight excluding hydrogens is 176 g/mol. The SMILES string of the molecule is C/C(C=O)=C\c1n[nH]c2ccccc12. The number of hydrogen-bond acceptors (Lipinski definition) is 2. The molecular formula is C11H10N2O. The van der Waals surface area contributed by atoms with Gasteiger partial charge in [-0.1, -0.05) is 18.2 Å². The summed E-state index contributed by atoms with van der Waals surface area (Å²) in [4.78, 5) is 10.5. The Kier molecular flexibility index (Phi) is 2.14. The molecule has 3 nitrogen and oxygen atoms in total. The maximum Gasteiger partial charge on any atom is 0.145 e. The number of nitrogens with one attached hydrogen (secondary N) is 1. The number of rotatable bonds is 2. The van der Waals surface area contributed by atoms with Gasteiger partial charge in [-0.05, 0) is 24.6 Å². The fraction of sp³-hybridized carbons (Fsp3) is 0.0909. The van der Waals surface area contributed by atoms with Crippen molar-refractivity contribution in [2.75, 3.05) is 0 Å². The van der Waals surface area contributed by atoms with E-state index in [2.05, 4.69) is 10.2 Å². The van der Waals surface area contributed by atoms with Crippen molar-refractivity contribution in [3.63, 3.8) is 0 Å². The highest BCUT2D eigenvalue weighted by Gasteiger charge is 2.01. The monoisotopic (exact) mass is 186 g/mol. The van der Waals surface area contributed by atoms with Gasteiger partial charge in [-0.2, -0.15) is 5.10 Å². The molecule has 0 aliphatic rings. The number of carbonyl (C=O) groups is 1. The molecule has 1 aromatic heterocycles. The first-order valence-electron chi connectivity index (χ1n) is 4.38. The third-order valence-corrected chi connectivity index (χ3v) is 2.05. The van der Waals surface area contributed by atoms with Crippen molar-refractivity contribution in [1.29, 1.82) is 0 Å². The highest BCUT2D eigenvalue weighted by Crippen LogP contribution is 2.16. The minimum absolute atomic E-state index is 0.669. The molecule has 0 aliphatic carbocycles. The van der Waals surface area contributed by atoms with Crippen molar-refractivity contribution in [2.24, 2.45) is 0 Å². The smallest absolute Gasteiger partial charge is 0.145 e. The Morgan fingerprint density at radius 3 is 3.00 bits per heavy atom. The van der Waals surface area contributed by atoms with Crippen LogP contribution in [0, 0.1) is 0 Å². The van der Waals surface area contributed by atoms with Crippen LogP contribution in [0.2, 0.25) is 0 Å². The molecule has 1 aromatic carbocycles. The molecule has 3 heteroatoms. The average Bonchev–Trinajstić information content (AvgIpc) is 2.62. The second-order valence-corrected chi connectivity index (χ2v) is 3.16. The summed E-state index contributed by atoms with van der Waals surface area (Å²) in [7, 11) is 0. The molecule has 0 saturated carbocycles. The molecule has 0 fully saturated rings. The molecule has 0 amide bonds. The fourth-order valence-electron chi connectivity index (χ4n) is 1.34. The van der Waals surface area contributed by atoms with Gasteiger partial charge in [0.25, 0.3) is 0 Å². The quantitative estimate of drug-likeness (QED) is 0.577. The molecule has 0 aliphatic heterocycles. The van der Waals surface area contributed by atoms with Gasteiger partial charge in [0.15, 0.2) is 0 Å². The molecule has 2 aromatic rings. The topological polar surface area (TPSA) is 45.8 Å². The van der Waals surface area contributed by atoms with E-state index in [9.17, 15) is 4.79 Å². The third kappa shape index (κ3) is 1.44. The van der Waals surface area contributed by atoms with Crippen LogP contribution in [-0.2, 0) is 4.79 Å². The Balaban J connectivity index is 2.59. The summed E-state index contributed by atoms with van der Waals surface area (Å²) in [5, 5.41) is 8.07. The maximum absolute atomic E-state index is 10.5. The number of allylic oxidation sites excluding steroid dienone is 1. The van der Waals surface area contributed by atoms with Gasteiger partial charge in [0.2, 0.25) is 0 Å². The van der Waals surface area contributed by atoms with E-state index >= 15 is 0 Å². The van der Waals surface area contributed by atoms with Gasteiger partial charge in [-0.25, -0.2) is 0 Å². The van der Waals surface area contributed by atoms with Crippen molar-refractivity contribution in [1.82, 2.24) is 10.2 Å². The summed E-state index contributed by atoms with van der Waals surface area (Å²) < 4.78 is 0. The number of para-hydroxylation sites is 1. The Morgan fingerprint density at radius 2 is 2.21 bits per heavy atom. The van der Waals surface area contributed by atoms with Gasteiger partial charge in [-0.15, -0.1) is 0 Å². The first kappa shape index (κ1) is 8.69. The second-order valence-electron chi connectivity index (χ2n) is 3.16. The van der Waals surface area contributed by atoms with Gasteiger partial charge < -0.3 is 0 Å². The first-order chi connectivity index (χ1) is 6.81. The number of hydrogen-bond donors (Lipinski definition) is 1. The lowest BCUT2D eigenvalue weighted by molar-refractivity contribution is -0.104. The zero-order valence-electron chi connectivity index (χ0n) is 7.82. The highest BCUT2D eigenvalue weighted by molar-refractivity contribution is 5.90. The van der Waals surface area contributed by atoms with Crippen LogP contribution in [0.1, 0.15) is 12.6 Å². The van der Waals surface area contributed by atoms with Crippen LogP contribution in [0.25, 0.3) is 17.0 Å². The van der Waals surface area contributed by atoms with Crippen molar-refractivity contribution in [2.45, 2.75) is 6.92 Å². The van der Waals surface area contributed by atoms with E-state index in [4.69, 9.17) is 0 Å². The number of H-pyrrole nitrogens is 1. The summed E-state index contributed by atoms with van der Waals surface area (Å²) in [5.41, 5.74) is 2.46. The van der Waals surface area contributed by atoms with Crippen molar-refractivity contribution in [3.8, 4) is 0 Å². The molecule has 0 spiro atoms. The summed E-state index contributed by atoms with van der Waals surface area (Å²) in [6.45, 7) is 1.76. The second kappa shape index (κ2) is 3.46. The van der Waals surface area contributed by atoms with Crippen LogP contribution in [-0.4, -0.2) is 16.5 Å². The molecule has 0 atom stereocenters. The van der Waals surface area contributed by atoms with Crippen LogP contribution in [0.15, 0.2) is 29.8 Å². The average molecular weight is 186 g/mol. The predicted octanol–water partition coefficient (Wildman–Crippen LogP) is 2.17. The number of fused-ring (bicyclic) bond motifs is 1. The molecule has 2 rings (SSSR count). The number of aldehydes is 1. The molecule has 0 saturated heterocycles. The van der Waals surface area contributed by atoms with Crippen LogP contribution >= 0.6 is 0 Å². The molecule has 0 unspecified atom stereocenters. The molecule has 70 valence electrons. The minimum atomic E-state index is 0.669. The van der Waals surface area contributed by atoms with E-state index in [0.29, 0.717) is 5.57 Å². The largest absolute Gasteiger partial charge is 0.298 e. The summed E-state index contributed by atoms with van der Waals surface area (Å²) in [6, 6.07) is 7.82. The van der Waals surface area contributed by atoms with Crippen LogP contribution in [0.3, 0.4) is 0 Å². The molecule has 1 heterocycles. The van der Waals surface area contributed by atoms with Gasteiger partial charge in [-0.3, -0.25) is 9.89 Å². The Labute approximate surface area is 81.4 Å². The minimum Gasteiger partial charge on any atom is -0.298 e. The van der Waals surface area contributed by atoms with Gasteiger partial charge >= 0.3 is 0 Å². The standard InChI is InChI=1S/C11H10N2O/c1-8(7-14)6-11-9-4-2-3-5-10(9)12-13-11/h2-7H,1H3,(H,12,13)/b8-6+. The predicted molar refractivity (Wildman–Crippen MR) is 55.8 cm³/mol. The zero-order valence-corrected chi connectivity index (χ0v) is 7.82. The van der Waals surface area contributed by atoms with E-state index in [0.717, 1.165) is 22.9 Å². The molecule has 14 heavy (non-hydrogen) atoms. The van der Waals surface area contributed by atoms with E-state index in [-0.39, 0.29) is 0 Å². The lowest BCUT2D eigenvalue weighted by Gasteiger charge is -1.89. The molecule has 1 N–H and O–H groups in total. The lowest BCUT2D eigenvalue weighted by Crippen LogP contribution is -1.78. The summed E-state index contributed by atoms with van der Waals surface area (Å²) >= 11 is 0. The van der Waals surface area contributed by atoms with Gasteiger partial charge in [0.05, 0.1) is 11.2 Å². The number of aromatic nitrogens is 2. The number of carbonyl (C=O) groups excluding carboxylic acids is 1. The van der Waals surface area contributed by atoms with Crippen LogP contribution in [0.5, 0.6) is 0 Å². The van der Waals surface area contributed by atoms with Crippen molar-refractivity contribution in [3.05, 3.63) is 35.5 Å². The van der Waals surface area contributed by atoms with Crippen molar-refractivity contribution >= 4 is 23.3 Å². The molecule has 0 bridgehead atoms. The number of aromatic amines is 1. The van der Waals surface area contributed by atoms with Crippen LogP contribution < -0.4 is 0 Å². The number of benzene rings is 1. The molecule has 0 radical (unpaired) electrons. The summed E-state index contributed by atoms with van der Waals surface area (Å²) in [5.74, 6) is 0. The van der Waals surface area contributed by atoms with E-state index < -0.39 is 0 Å². The van der Waals surface area contributed by atoms with E-state index in [1.165, 1.54) is 0 Å². The van der Waals surface area contributed by atoms with Gasteiger partial charge in [0, 0.05) is 5.39 Å². The lowest BCUT2D eigenvalue weighted by atomic mass is 10.2. The van der Waals surface area contributed by atoms with Crippen LogP contribution in [0.4, 0.5) is 0 Å². The van der Waals surface area contributed by atoms with E-state index in [1.807, 2.05) is 24.3 Å². The zero-order chi connectivity index (χ0) is 9.97. The van der Waals surface area contributed by atoms with Crippen molar-refractivity contribution < 1.29 is 4.79 Å². The highest BCUT2D eigenvalue weighted by atomic mass is 16.1. The summed E-state index contributed by atoms with van der Waals surface area (Å²) in [6.07, 6.45) is 2.59. The van der Waals surface area contributed by atoms with E-state index in [1.54, 1.807) is 13.0 Å². The third-order valence-electron chi connectivity index (χ3n) is 2.05. The maximum atomic E-state index is 10.5. The number of nitrogens with zero attached hydrogens (tertiary/aromatic N) is 1. The Bertz CT molecular complexity index is 497. The van der Waals surface area contributed by atoms with Gasteiger partial charge in [0.1, 0.15) is 6.29 Å².